The van der Waals surface area contributed by atoms with Crippen LogP contribution < -0.4 is 10.1 Å². The van der Waals surface area contributed by atoms with Crippen LogP contribution in [0.5, 0.6) is 5.75 Å². The van der Waals surface area contributed by atoms with Crippen LogP contribution in [0.2, 0.25) is 0 Å². The van der Waals surface area contributed by atoms with Crippen molar-refractivity contribution in [3.05, 3.63) is 59.2 Å². The molecule has 0 fully saturated rings. The Labute approximate surface area is 145 Å². The first-order valence-electron chi connectivity index (χ1n) is 8.07. The van der Waals surface area contributed by atoms with Crippen LogP contribution in [0, 0.1) is 0 Å². The van der Waals surface area contributed by atoms with Crippen LogP contribution in [0.1, 0.15) is 34.3 Å². The number of aliphatic carboxylic acids is 1. The number of carboxylic acid groups (broad SMARTS) is 1. The minimum absolute atomic E-state index is 0.0833. The van der Waals surface area contributed by atoms with Gasteiger partial charge in [0.05, 0.1) is 19.8 Å². The highest BCUT2D eigenvalue weighted by Crippen LogP contribution is 2.22. The first-order valence-corrected chi connectivity index (χ1v) is 8.07. The van der Waals surface area contributed by atoms with Gasteiger partial charge in [-0.3, -0.25) is 9.59 Å². The number of rotatable bonds is 7. The van der Waals surface area contributed by atoms with E-state index in [4.69, 9.17) is 14.6 Å². The number of benzene rings is 2. The molecule has 1 amide bonds. The Balaban J connectivity index is 1.54. The molecule has 1 aliphatic rings. The molecule has 25 heavy (non-hydrogen) atoms. The van der Waals surface area contributed by atoms with E-state index in [2.05, 4.69) is 5.32 Å². The van der Waals surface area contributed by atoms with E-state index >= 15 is 0 Å². The lowest BCUT2D eigenvalue weighted by molar-refractivity contribution is -0.137. The zero-order chi connectivity index (χ0) is 17.6. The lowest BCUT2D eigenvalue weighted by Crippen LogP contribution is -2.12. The molecule has 2 aromatic rings. The normalized spacial score (nSPS) is 12.5. The van der Waals surface area contributed by atoms with Crippen LogP contribution in [0.15, 0.2) is 42.5 Å². The average Bonchev–Trinajstić information content (AvgIpc) is 3.07. The fraction of sp³-hybridized carbons (Fsp3) is 0.263. The number of hydrogen-bond donors (Lipinski definition) is 2. The Hall–Kier alpha value is -2.86. The lowest BCUT2D eigenvalue weighted by atomic mass is 10.1. The van der Waals surface area contributed by atoms with Crippen LogP contribution in [0.3, 0.4) is 0 Å². The minimum Gasteiger partial charge on any atom is -0.494 e. The van der Waals surface area contributed by atoms with Crippen molar-refractivity contribution in [2.75, 3.05) is 11.9 Å². The molecule has 2 aromatic carbocycles. The van der Waals surface area contributed by atoms with Gasteiger partial charge in [0.15, 0.2) is 0 Å². The molecule has 6 heteroatoms. The lowest BCUT2D eigenvalue weighted by Gasteiger charge is -2.09. The quantitative estimate of drug-likeness (QED) is 0.756. The van der Waals surface area contributed by atoms with Crippen molar-refractivity contribution >= 4 is 17.6 Å². The summed E-state index contributed by atoms with van der Waals surface area (Å²) in [6, 6.07) is 12.6. The van der Waals surface area contributed by atoms with E-state index in [-0.39, 0.29) is 12.3 Å². The molecule has 0 atom stereocenters. The van der Waals surface area contributed by atoms with Gasteiger partial charge in [-0.15, -0.1) is 0 Å². The van der Waals surface area contributed by atoms with E-state index in [9.17, 15) is 9.59 Å². The maximum absolute atomic E-state index is 12.3. The van der Waals surface area contributed by atoms with E-state index < -0.39 is 5.97 Å². The number of hydrogen-bond acceptors (Lipinski definition) is 4. The number of ether oxygens (including phenoxy) is 2. The largest absolute Gasteiger partial charge is 0.494 e. The van der Waals surface area contributed by atoms with Crippen molar-refractivity contribution in [3.63, 3.8) is 0 Å². The summed E-state index contributed by atoms with van der Waals surface area (Å²) in [5, 5.41) is 11.4. The zero-order valence-corrected chi connectivity index (χ0v) is 13.7. The molecule has 1 heterocycles. The number of carboxylic acids is 1. The second kappa shape index (κ2) is 7.81. The molecule has 130 valence electrons. The third kappa shape index (κ3) is 4.58. The maximum Gasteiger partial charge on any atom is 0.303 e. The van der Waals surface area contributed by atoms with Gasteiger partial charge < -0.3 is 19.9 Å². The summed E-state index contributed by atoms with van der Waals surface area (Å²) < 4.78 is 10.8. The molecule has 3 rings (SSSR count). The van der Waals surface area contributed by atoms with Gasteiger partial charge in [-0.05, 0) is 53.9 Å². The van der Waals surface area contributed by atoms with Crippen molar-refractivity contribution in [2.45, 2.75) is 26.1 Å². The number of fused-ring (bicyclic) bond motifs is 1. The summed E-state index contributed by atoms with van der Waals surface area (Å²) in [7, 11) is 0. The van der Waals surface area contributed by atoms with E-state index in [1.165, 1.54) is 0 Å². The molecule has 0 saturated heterocycles. The van der Waals surface area contributed by atoms with Gasteiger partial charge in [0, 0.05) is 17.7 Å². The summed E-state index contributed by atoms with van der Waals surface area (Å²) >= 11 is 0. The standard InChI is InChI=1S/C19H19NO5/c21-18(22)2-1-9-25-17-7-5-16(6-8-17)20-19(23)13-3-4-14-11-24-12-15(14)10-13/h3-8,10H,1-2,9,11-12H2,(H,20,23)(H,21,22). The molecule has 6 nitrogen and oxygen atoms in total. The highest BCUT2D eigenvalue weighted by molar-refractivity contribution is 6.04. The number of nitrogens with one attached hydrogen (secondary N) is 1. The highest BCUT2D eigenvalue weighted by Gasteiger charge is 2.14. The van der Waals surface area contributed by atoms with Gasteiger partial charge in [0.1, 0.15) is 5.75 Å². The van der Waals surface area contributed by atoms with Crippen LogP contribution in [0.25, 0.3) is 0 Å². The number of carbonyl (C=O) groups excluding carboxylic acids is 1. The summed E-state index contributed by atoms with van der Waals surface area (Å²) in [4.78, 5) is 22.8. The van der Waals surface area contributed by atoms with Crippen molar-refractivity contribution in [1.82, 2.24) is 0 Å². The predicted molar refractivity (Wildman–Crippen MR) is 91.7 cm³/mol. The van der Waals surface area contributed by atoms with Gasteiger partial charge in [0.25, 0.3) is 5.91 Å². The maximum atomic E-state index is 12.3. The first kappa shape index (κ1) is 17.0. The monoisotopic (exact) mass is 341 g/mol. The summed E-state index contributed by atoms with van der Waals surface area (Å²) in [6.07, 6.45) is 0.538. The predicted octanol–water partition coefficient (Wildman–Crippen LogP) is 3.21. The molecule has 0 unspecified atom stereocenters. The van der Waals surface area contributed by atoms with Crippen LogP contribution >= 0.6 is 0 Å². The van der Waals surface area contributed by atoms with Crippen LogP contribution in [-0.4, -0.2) is 23.6 Å². The van der Waals surface area contributed by atoms with E-state index in [1.54, 1.807) is 30.3 Å². The fourth-order valence-electron chi connectivity index (χ4n) is 2.56. The molecule has 0 radical (unpaired) electrons. The highest BCUT2D eigenvalue weighted by atomic mass is 16.5. The van der Waals surface area contributed by atoms with E-state index in [0.29, 0.717) is 43.2 Å². The summed E-state index contributed by atoms with van der Waals surface area (Å²) in [5.41, 5.74) is 3.44. The third-order valence-corrected chi connectivity index (χ3v) is 3.90. The minimum atomic E-state index is -0.834. The van der Waals surface area contributed by atoms with Crippen molar-refractivity contribution < 1.29 is 24.2 Å². The number of amides is 1. The Bertz CT molecular complexity index is 770. The van der Waals surface area contributed by atoms with Crippen molar-refractivity contribution in [3.8, 4) is 5.75 Å². The Morgan fingerprint density at radius 3 is 2.60 bits per heavy atom. The number of carbonyl (C=O) groups is 2. The Kier molecular flexibility index (Phi) is 5.30. The number of anilines is 1. The molecule has 0 spiro atoms. The average molecular weight is 341 g/mol. The van der Waals surface area contributed by atoms with Gasteiger partial charge in [-0.25, -0.2) is 0 Å². The summed E-state index contributed by atoms with van der Waals surface area (Å²) in [5.74, 6) is -0.373. The molecule has 2 N–H and O–H groups in total. The molecule has 0 bridgehead atoms. The van der Waals surface area contributed by atoms with Gasteiger partial charge in [-0.1, -0.05) is 6.07 Å². The third-order valence-electron chi connectivity index (χ3n) is 3.90. The SMILES string of the molecule is O=C(O)CCCOc1ccc(NC(=O)c2ccc3c(c2)COC3)cc1. The van der Waals surface area contributed by atoms with Crippen molar-refractivity contribution in [2.24, 2.45) is 0 Å². The van der Waals surface area contributed by atoms with Crippen LogP contribution in [-0.2, 0) is 22.7 Å². The smallest absolute Gasteiger partial charge is 0.303 e. The molecular formula is C19H19NO5. The van der Waals surface area contributed by atoms with Crippen LogP contribution in [0.4, 0.5) is 5.69 Å². The van der Waals surface area contributed by atoms with Gasteiger partial charge in [0.2, 0.25) is 0 Å². The van der Waals surface area contributed by atoms with Gasteiger partial charge >= 0.3 is 5.97 Å². The molecule has 0 saturated carbocycles. The molecule has 0 aromatic heterocycles. The second-order valence-electron chi connectivity index (χ2n) is 5.80. The topological polar surface area (TPSA) is 84.9 Å². The molecule has 1 aliphatic heterocycles. The van der Waals surface area contributed by atoms with Gasteiger partial charge in [-0.2, -0.15) is 0 Å². The van der Waals surface area contributed by atoms with E-state index in [0.717, 1.165) is 11.1 Å². The summed E-state index contributed by atoms with van der Waals surface area (Å²) in [6.45, 7) is 1.49. The fourth-order valence-corrected chi connectivity index (χ4v) is 2.56. The Morgan fingerprint density at radius 2 is 1.84 bits per heavy atom. The first-order chi connectivity index (χ1) is 12.1. The second-order valence-corrected chi connectivity index (χ2v) is 5.80. The zero-order valence-electron chi connectivity index (χ0n) is 13.7. The van der Waals surface area contributed by atoms with Crippen molar-refractivity contribution in [1.29, 1.82) is 0 Å². The molecule has 0 aliphatic carbocycles. The Morgan fingerprint density at radius 1 is 1.08 bits per heavy atom. The molecular weight excluding hydrogens is 322 g/mol. The van der Waals surface area contributed by atoms with E-state index in [1.807, 2.05) is 12.1 Å².